The Morgan fingerprint density at radius 3 is 3.05 bits per heavy atom. The van der Waals surface area contributed by atoms with Crippen molar-refractivity contribution in [2.75, 3.05) is 13.1 Å². The first-order chi connectivity index (χ1) is 10.8. The van der Waals surface area contributed by atoms with Crippen LogP contribution in [-0.2, 0) is 17.6 Å². The summed E-state index contributed by atoms with van der Waals surface area (Å²) in [5, 5.41) is 9.91. The van der Waals surface area contributed by atoms with Gasteiger partial charge in [-0.2, -0.15) is 0 Å². The van der Waals surface area contributed by atoms with Crippen LogP contribution < -0.4 is 0 Å². The molecule has 114 valence electrons. The molecule has 0 radical (unpaired) electrons. The molecule has 0 spiro atoms. The van der Waals surface area contributed by atoms with Gasteiger partial charge in [0.05, 0.1) is 6.04 Å². The molecule has 0 saturated carbocycles. The largest absolute Gasteiger partial charge is 0.480 e. The Kier molecular flexibility index (Phi) is 2.51. The van der Waals surface area contributed by atoms with Crippen LogP contribution in [0.4, 0.5) is 0 Å². The van der Waals surface area contributed by atoms with Gasteiger partial charge in [-0.3, -0.25) is 4.90 Å². The van der Waals surface area contributed by atoms with Crippen LogP contribution >= 0.6 is 0 Å². The lowest BCUT2D eigenvalue weighted by molar-refractivity contribution is -0.143. The predicted octanol–water partition coefficient (Wildman–Crippen LogP) is 2.56. The van der Waals surface area contributed by atoms with Gasteiger partial charge >= 0.3 is 5.97 Å². The number of aliphatic carboxylic acids is 1. The molecule has 4 nitrogen and oxygen atoms in total. The second-order valence-corrected chi connectivity index (χ2v) is 6.91. The van der Waals surface area contributed by atoms with Gasteiger partial charge in [0, 0.05) is 30.3 Å². The molecular formula is C18H20N2O2. The molecule has 0 bridgehead atoms. The summed E-state index contributed by atoms with van der Waals surface area (Å²) < 4.78 is 2.21. The maximum Gasteiger partial charge on any atom is 0.327 e. The van der Waals surface area contributed by atoms with Gasteiger partial charge in [-0.15, -0.1) is 0 Å². The number of rotatable bonds is 1. The quantitative estimate of drug-likeness (QED) is 0.866. The number of carboxylic acid groups (broad SMARTS) is 1. The summed E-state index contributed by atoms with van der Waals surface area (Å²) in [5.74, 6) is -0.402. The van der Waals surface area contributed by atoms with Crippen LogP contribution in [0.2, 0.25) is 0 Å². The van der Waals surface area contributed by atoms with Crippen LogP contribution in [0.15, 0.2) is 18.2 Å². The standard InChI is InChI=1S/C18H20N2O2/c21-18(22)17-13-6-4-9-19-10-8-12-11-5-2-1-3-7-14(11)20(17)16(12)15(13)19/h1-3,5,13,15,17H,4,6-10H2,(H,21,22)/t13?,15-,17?/m0/s1. The number of hydrogen-bond acceptors (Lipinski definition) is 2. The molecule has 22 heavy (non-hydrogen) atoms. The first-order valence-electron chi connectivity index (χ1n) is 8.33. The summed E-state index contributed by atoms with van der Waals surface area (Å²) in [6.07, 6.45) is 12.6. The summed E-state index contributed by atoms with van der Waals surface area (Å²) in [6.45, 7) is 2.21. The van der Waals surface area contributed by atoms with Crippen LogP contribution in [0.5, 0.6) is 0 Å². The number of piperidine rings is 1. The molecule has 1 aromatic heterocycles. The van der Waals surface area contributed by atoms with Crippen molar-refractivity contribution in [1.82, 2.24) is 9.47 Å². The van der Waals surface area contributed by atoms with Crippen molar-refractivity contribution in [1.29, 1.82) is 0 Å². The van der Waals surface area contributed by atoms with Crippen molar-refractivity contribution in [2.24, 2.45) is 5.92 Å². The van der Waals surface area contributed by atoms with Gasteiger partial charge in [0.25, 0.3) is 0 Å². The van der Waals surface area contributed by atoms with Crippen LogP contribution in [-0.4, -0.2) is 33.6 Å². The smallest absolute Gasteiger partial charge is 0.327 e. The normalized spacial score (nSPS) is 31.7. The Hall–Kier alpha value is -1.81. The van der Waals surface area contributed by atoms with E-state index in [0.29, 0.717) is 6.04 Å². The molecule has 0 amide bonds. The first-order valence-corrected chi connectivity index (χ1v) is 8.33. The van der Waals surface area contributed by atoms with E-state index in [1.165, 1.54) is 22.5 Å². The van der Waals surface area contributed by atoms with Gasteiger partial charge in [0.1, 0.15) is 6.04 Å². The van der Waals surface area contributed by atoms with Gasteiger partial charge in [-0.05, 0) is 36.9 Å². The number of carbonyl (C=O) groups is 1. The molecule has 0 aromatic carbocycles. The number of aromatic nitrogens is 1. The predicted molar refractivity (Wildman–Crippen MR) is 83.7 cm³/mol. The molecule has 1 N–H and O–H groups in total. The Morgan fingerprint density at radius 1 is 1.27 bits per heavy atom. The summed E-state index contributed by atoms with van der Waals surface area (Å²) >= 11 is 0. The zero-order valence-corrected chi connectivity index (χ0v) is 12.5. The molecular weight excluding hydrogens is 276 g/mol. The third-order valence-electron chi connectivity index (χ3n) is 5.96. The summed E-state index contributed by atoms with van der Waals surface area (Å²) in [7, 11) is 0. The van der Waals surface area contributed by atoms with Crippen molar-refractivity contribution in [3.05, 3.63) is 40.7 Å². The van der Waals surface area contributed by atoms with Crippen LogP contribution in [0.25, 0.3) is 6.08 Å². The number of allylic oxidation sites excluding steroid dienone is 3. The number of carboxylic acids is 1. The molecule has 3 aliphatic heterocycles. The second kappa shape index (κ2) is 4.35. The fourth-order valence-corrected chi connectivity index (χ4v) is 5.24. The van der Waals surface area contributed by atoms with Gasteiger partial charge < -0.3 is 9.67 Å². The molecule has 2 unspecified atom stereocenters. The van der Waals surface area contributed by atoms with E-state index < -0.39 is 5.97 Å². The van der Waals surface area contributed by atoms with Crippen molar-refractivity contribution in [3.63, 3.8) is 0 Å². The van der Waals surface area contributed by atoms with E-state index in [-0.39, 0.29) is 12.0 Å². The van der Waals surface area contributed by atoms with Gasteiger partial charge in [0.2, 0.25) is 0 Å². The lowest BCUT2D eigenvalue weighted by atomic mass is 9.81. The average molecular weight is 296 g/mol. The molecule has 1 aromatic rings. The van der Waals surface area contributed by atoms with Crippen molar-refractivity contribution in [3.8, 4) is 0 Å². The van der Waals surface area contributed by atoms with E-state index in [4.69, 9.17) is 0 Å². The Balaban J connectivity index is 1.80. The van der Waals surface area contributed by atoms with E-state index in [9.17, 15) is 9.90 Å². The maximum absolute atomic E-state index is 12.1. The van der Waals surface area contributed by atoms with Gasteiger partial charge in [-0.1, -0.05) is 24.3 Å². The minimum atomic E-state index is -0.654. The number of fused-ring (bicyclic) bond motifs is 3. The minimum Gasteiger partial charge on any atom is -0.480 e. The topological polar surface area (TPSA) is 45.5 Å². The van der Waals surface area contributed by atoms with Crippen molar-refractivity contribution in [2.45, 2.75) is 37.8 Å². The number of hydrogen-bond donors (Lipinski definition) is 1. The molecule has 1 aliphatic carbocycles. The SMILES string of the molecule is O=C(O)C1C2CCCN3CCc4c5c(n1c4[C@H]23)CC=CC=C5. The van der Waals surface area contributed by atoms with Gasteiger partial charge in [-0.25, -0.2) is 4.79 Å². The van der Waals surface area contributed by atoms with E-state index in [1.807, 2.05) is 0 Å². The van der Waals surface area contributed by atoms with Crippen molar-refractivity contribution >= 4 is 12.0 Å². The number of nitrogens with zero attached hydrogens (tertiary/aromatic N) is 2. The fourth-order valence-electron chi connectivity index (χ4n) is 5.24. The monoisotopic (exact) mass is 296 g/mol. The van der Waals surface area contributed by atoms with Crippen molar-refractivity contribution < 1.29 is 9.90 Å². The van der Waals surface area contributed by atoms with Crippen LogP contribution in [0.1, 0.15) is 47.4 Å². The van der Waals surface area contributed by atoms with E-state index in [0.717, 1.165) is 38.8 Å². The molecule has 1 fully saturated rings. The molecule has 3 atom stereocenters. The first kappa shape index (κ1) is 12.7. The second-order valence-electron chi connectivity index (χ2n) is 6.91. The third-order valence-corrected chi connectivity index (χ3v) is 5.96. The minimum absolute atomic E-state index is 0.252. The lowest BCUT2D eigenvalue weighted by Gasteiger charge is -2.41. The third kappa shape index (κ3) is 1.44. The fraction of sp³-hybridized carbons (Fsp3) is 0.500. The van der Waals surface area contributed by atoms with Crippen LogP contribution in [0.3, 0.4) is 0 Å². The Bertz CT molecular complexity index is 728. The Labute approximate surface area is 129 Å². The lowest BCUT2D eigenvalue weighted by Crippen LogP contribution is -2.42. The highest BCUT2D eigenvalue weighted by molar-refractivity contribution is 5.76. The van der Waals surface area contributed by atoms with E-state index >= 15 is 0 Å². The highest BCUT2D eigenvalue weighted by Gasteiger charge is 2.52. The van der Waals surface area contributed by atoms with E-state index in [2.05, 4.69) is 33.8 Å². The summed E-state index contributed by atoms with van der Waals surface area (Å²) in [4.78, 5) is 14.6. The summed E-state index contributed by atoms with van der Waals surface area (Å²) in [5.41, 5.74) is 5.27. The highest BCUT2D eigenvalue weighted by Crippen LogP contribution is 2.54. The molecule has 4 heteroatoms. The molecule has 4 heterocycles. The maximum atomic E-state index is 12.1. The zero-order chi connectivity index (χ0) is 14.8. The Morgan fingerprint density at radius 2 is 2.18 bits per heavy atom. The molecule has 1 saturated heterocycles. The average Bonchev–Trinajstić information content (AvgIpc) is 2.89. The summed E-state index contributed by atoms with van der Waals surface area (Å²) in [6, 6.07) is -0.0359. The molecule has 4 aliphatic rings. The van der Waals surface area contributed by atoms with Gasteiger partial charge in [0.15, 0.2) is 0 Å². The molecule has 5 rings (SSSR count). The van der Waals surface area contributed by atoms with E-state index in [1.54, 1.807) is 0 Å². The highest BCUT2D eigenvalue weighted by atomic mass is 16.4. The zero-order valence-electron chi connectivity index (χ0n) is 12.5. The van der Waals surface area contributed by atoms with Crippen LogP contribution in [0, 0.1) is 5.92 Å².